The summed E-state index contributed by atoms with van der Waals surface area (Å²) in [6, 6.07) is 54.0. The number of nitrogens with zero attached hydrogens (tertiary/aromatic N) is 17. The molecule has 1 amide bonds. The number of likely N-dealkylation sites (tertiary alicyclic amines) is 1. The quantitative estimate of drug-likeness (QED) is 0.0345. The standard InChI is InChI=1S/C17H19N3O2S.C15H10ClN3OS.C14H9N3O3S2.C14H10N2O2S.2C14H10N2OS2.C14H14N2OS/c1-13(21)19-9-6-14(7-10-19)17(22)20-11-8-15(18-20)4-5-16-3-2-12-23-16;16-14-6-3-11(10-17-14)15(20)19-8-7-12(18-19)4-5-13-2-1-9-21-13;18-14(10-8-13(17(19)20)22-9-10)16-6-5-11(15-16)3-4-12-2-1-7-21-12;17-14(13-4-1-9-18-13)16-8-7-11(15-16)5-6-12-3-2-10-19-12;17-14(13-4-2-10-19-13)16-8-7-11(15-16)5-6-12-3-1-9-18-12;17-14(11-6-9-18-10-11)16-7-5-12(15-16)3-4-13-2-1-8-19-13;17-14(11-3-1-4-11)16-9-8-12(15-16)6-7-13-5-2-10-18-13/h2-5,8,11-12,14H,6-7,9-10H2,1H3;1-10H;1-9H;3*1-10H;2,5-11H,1,3-4H2/b2*5-4+;4-3+;2*6-5+;4-3+;7-6+. The number of furan rings is 1. The molecule has 0 spiro atoms. The van der Waals surface area contributed by atoms with E-state index >= 15 is 0 Å². The van der Waals surface area contributed by atoms with E-state index in [0.717, 1.165) is 77.9 Å². The molecule has 19 aromatic rings. The predicted octanol–water partition coefficient (Wildman–Crippen LogP) is 25.3. The van der Waals surface area contributed by atoms with E-state index in [-0.39, 0.29) is 75.4 Å². The number of hydrogen-bond donors (Lipinski definition) is 0. The van der Waals surface area contributed by atoms with Gasteiger partial charge in [-0.3, -0.25) is 48.5 Å². The van der Waals surface area contributed by atoms with Crippen molar-refractivity contribution in [3.05, 3.63) is 408 Å². The van der Waals surface area contributed by atoms with Crippen LogP contribution in [-0.4, -0.2) is 144 Å². The summed E-state index contributed by atoms with van der Waals surface area (Å²) in [5.74, 6) is -0.453. The van der Waals surface area contributed by atoms with E-state index in [2.05, 4.69) is 46.7 Å². The first-order valence-corrected chi connectivity index (χ1v) is 52.5. The minimum absolute atomic E-state index is 0.0176. The Morgan fingerprint density at radius 1 is 0.362 bits per heavy atom. The molecule has 1 saturated heterocycles. The molecule has 2 aliphatic rings. The Bertz CT molecular complexity index is 7160. The Morgan fingerprint density at radius 2 is 0.709 bits per heavy atom. The molecule has 0 unspecified atom stereocenters. The van der Waals surface area contributed by atoms with Crippen LogP contribution in [0.15, 0.2) is 295 Å². The lowest BCUT2D eigenvalue weighted by Gasteiger charge is -2.30. The van der Waals surface area contributed by atoms with Crippen molar-refractivity contribution in [1.82, 2.24) is 78.3 Å². The number of rotatable bonds is 22. The highest BCUT2D eigenvalue weighted by molar-refractivity contribution is 7.14. The lowest BCUT2D eigenvalue weighted by molar-refractivity contribution is -0.380. The predicted molar refractivity (Wildman–Crippen MR) is 568 cm³/mol. The van der Waals surface area contributed by atoms with Gasteiger partial charge >= 0.3 is 10.9 Å². The van der Waals surface area contributed by atoms with Crippen molar-refractivity contribution < 1.29 is 47.7 Å². The molecular formula is C102H82ClN17O11S10. The van der Waals surface area contributed by atoms with Gasteiger partial charge in [-0.2, -0.15) is 47.0 Å². The highest BCUT2D eigenvalue weighted by Crippen LogP contribution is 2.30. The lowest BCUT2D eigenvalue weighted by Crippen LogP contribution is -2.40. The second kappa shape index (κ2) is 51.0. The van der Waals surface area contributed by atoms with Gasteiger partial charge in [-0.05, 0) is 280 Å². The average Bonchev–Trinajstić information content (AvgIpc) is 1.74. The van der Waals surface area contributed by atoms with Crippen molar-refractivity contribution in [2.45, 2.75) is 39.0 Å². The van der Waals surface area contributed by atoms with Crippen molar-refractivity contribution in [2.75, 3.05) is 13.1 Å². The number of hydrogen-bond acceptors (Lipinski definition) is 29. The first kappa shape index (κ1) is 100. The molecule has 39 heteroatoms. The third-order valence-electron chi connectivity index (χ3n) is 20.5. The van der Waals surface area contributed by atoms with Crippen molar-refractivity contribution >= 4 is 262 Å². The normalized spacial score (nSPS) is 12.6. The zero-order valence-electron chi connectivity index (χ0n) is 74.5. The smallest absolute Gasteiger partial charge is 0.324 e. The van der Waals surface area contributed by atoms with Gasteiger partial charge in [0, 0.05) is 132 Å². The molecule has 0 radical (unpaired) electrons. The van der Waals surface area contributed by atoms with Crippen molar-refractivity contribution in [1.29, 1.82) is 0 Å². The maximum atomic E-state index is 12.5. The number of carbonyl (C=O) groups is 8. The molecule has 19 aromatic heterocycles. The molecule has 708 valence electrons. The maximum absolute atomic E-state index is 12.5. The molecule has 141 heavy (non-hydrogen) atoms. The third-order valence-corrected chi connectivity index (χ3v) is 29.0. The SMILES string of the molecule is CC(=O)N1CCC(C(=O)n2ccc(/C=C/c3cccs3)n2)CC1.O=C(C1CCC1)n1ccc(/C=C/c2cccs2)n1.O=C(c1ccc(Cl)nc1)n1ccc(/C=C/c2cccs2)n1.O=C(c1ccco1)n1ccc(/C=C/c2cccs2)n1.O=C(c1cccs1)n1ccc(/C=C/c2cccs2)n1.O=C(c1ccsc1)n1ccc(/C=C/c2cccs2)n1.O=C(c1csc([N+](=O)[O-])c1)n1ccc(/C=C/c2cccs2)n1. The van der Waals surface area contributed by atoms with E-state index < -0.39 is 4.92 Å². The zero-order valence-corrected chi connectivity index (χ0v) is 83.5. The number of nitro groups is 1. The fourth-order valence-electron chi connectivity index (χ4n) is 13.0. The molecule has 2 fully saturated rings. The summed E-state index contributed by atoms with van der Waals surface area (Å²) in [6.45, 7) is 2.87. The molecule has 0 atom stereocenters. The Hall–Kier alpha value is -15.1. The van der Waals surface area contributed by atoms with Gasteiger partial charge in [-0.1, -0.05) is 77.9 Å². The molecule has 1 aliphatic carbocycles. The maximum Gasteiger partial charge on any atom is 0.324 e. The van der Waals surface area contributed by atoms with E-state index in [0.29, 0.717) is 52.8 Å². The first-order valence-electron chi connectivity index (χ1n) is 43.2. The van der Waals surface area contributed by atoms with Gasteiger partial charge in [0.05, 0.1) is 72.6 Å². The van der Waals surface area contributed by atoms with Crippen LogP contribution in [0.3, 0.4) is 0 Å². The topological polar surface area (TPSA) is 334 Å². The van der Waals surface area contributed by atoms with Crippen LogP contribution in [-0.2, 0) is 4.79 Å². The van der Waals surface area contributed by atoms with E-state index in [4.69, 9.17) is 16.0 Å². The van der Waals surface area contributed by atoms with E-state index in [1.165, 1.54) is 100 Å². The minimum atomic E-state index is -0.514. The first-order chi connectivity index (χ1) is 68.8. The molecule has 1 aliphatic heterocycles. The van der Waals surface area contributed by atoms with E-state index in [1.54, 1.807) is 189 Å². The van der Waals surface area contributed by atoms with Crippen LogP contribution in [0.2, 0.25) is 5.15 Å². The summed E-state index contributed by atoms with van der Waals surface area (Å²) in [7, 11) is 0. The van der Waals surface area contributed by atoms with Crippen LogP contribution in [0.25, 0.3) is 85.1 Å². The van der Waals surface area contributed by atoms with Gasteiger partial charge in [-0.15, -0.1) is 90.7 Å². The summed E-state index contributed by atoms with van der Waals surface area (Å²) < 4.78 is 14.5. The van der Waals surface area contributed by atoms with Gasteiger partial charge in [0.1, 0.15) is 5.15 Å². The Labute approximate surface area is 852 Å². The van der Waals surface area contributed by atoms with E-state index in [1.807, 2.05) is 248 Å². The van der Waals surface area contributed by atoms with Crippen LogP contribution in [0.4, 0.5) is 5.00 Å². The minimum Gasteiger partial charge on any atom is -0.459 e. The fraction of sp³-hybridized carbons (Fsp3) is 0.0980. The van der Waals surface area contributed by atoms with Crippen LogP contribution in [0.5, 0.6) is 0 Å². The summed E-state index contributed by atoms with van der Waals surface area (Å²) >= 11 is 21.1. The Morgan fingerprint density at radius 3 is 1.01 bits per heavy atom. The molecule has 28 nitrogen and oxygen atoms in total. The second-order valence-electron chi connectivity index (χ2n) is 30.1. The van der Waals surface area contributed by atoms with Gasteiger partial charge < -0.3 is 9.32 Å². The van der Waals surface area contributed by atoms with Gasteiger partial charge in [0.25, 0.3) is 23.6 Å². The number of aromatic nitrogens is 15. The second-order valence-corrected chi connectivity index (χ2v) is 40.0. The number of piperidine rings is 1. The van der Waals surface area contributed by atoms with Gasteiger partial charge in [0.2, 0.25) is 17.7 Å². The summed E-state index contributed by atoms with van der Waals surface area (Å²) in [5, 5.41) is 61.8. The summed E-state index contributed by atoms with van der Waals surface area (Å²) in [5.41, 5.74) is 6.62. The van der Waals surface area contributed by atoms with Crippen molar-refractivity contribution in [3.63, 3.8) is 0 Å². The number of halogens is 1. The Balaban J connectivity index is 0.000000124. The largest absolute Gasteiger partial charge is 0.459 e. The van der Waals surface area contributed by atoms with Crippen LogP contribution in [0, 0.1) is 22.0 Å². The number of carbonyl (C=O) groups excluding carboxylic acids is 8. The Kier molecular flexibility index (Phi) is 36.3. The lowest BCUT2D eigenvalue weighted by atomic mass is 9.85. The molecule has 0 aromatic carbocycles. The highest BCUT2D eigenvalue weighted by atomic mass is 35.5. The third kappa shape index (κ3) is 29.7. The van der Waals surface area contributed by atoms with E-state index in [9.17, 15) is 48.5 Å². The van der Waals surface area contributed by atoms with Crippen LogP contribution >= 0.6 is 125 Å². The van der Waals surface area contributed by atoms with Gasteiger partial charge in [-0.25, -0.2) is 37.8 Å². The summed E-state index contributed by atoms with van der Waals surface area (Å²) in [6.07, 6.45) is 46.2. The molecule has 21 rings (SSSR count). The number of thiophene rings is 10. The van der Waals surface area contributed by atoms with Crippen LogP contribution in [0.1, 0.15) is 174 Å². The monoisotopic (exact) mass is 2080 g/mol. The molecule has 0 bridgehead atoms. The van der Waals surface area contributed by atoms with Crippen LogP contribution < -0.4 is 0 Å². The summed E-state index contributed by atoms with van der Waals surface area (Å²) in [4.78, 5) is 121. The number of pyridine rings is 1. The molecule has 1 saturated carbocycles. The van der Waals surface area contributed by atoms with Crippen molar-refractivity contribution in [2.24, 2.45) is 11.8 Å². The fourth-order valence-corrected chi connectivity index (χ4v) is 19.4. The molecule has 0 N–H and O–H groups in total. The van der Waals surface area contributed by atoms with Crippen molar-refractivity contribution in [3.8, 4) is 0 Å². The molecule has 20 heterocycles. The average molecular weight is 2080 g/mol. The van der Waals surface area contributed by atoms with Gasteiger partial charge in [0.15, 0.2) is 5.76 Å². The molecular weight excluding hydrogens is 2000 g/mol. The zero-order chi connectivity index (χ0) is 98.0. The number of amides is 1. The highest BCUT2D eigenvalue weighted by Gasteiger charge is 2.29.